The molecule has 2 heterocycles. The second-order valence-corrected chi connectivity index (χ2v) is 7.46. The van der Waals surface area contributed by atoms with Crippen molar-refractivity contribution in [2.75, 3.05) is 20.1 Å². The van der Waals surface area contributed by atoms with Crippen LogP contribution < -0.4 is 10.9 Å². The van der Waals surface area contributed by atoms with Gasteiger partial charge < -0.3 is 14.8 Å². The van der Waals surface area contributed by atoms with Gasteiger partial charge in [-0.25, -0.2) is 0 Å². The molecule has 0 bridgehead atoms. The van der Waals surface area contributed by atoms with Gasteiger partial charge in [0.15, 0.2) is 0 Å². The fourth-order valence-electron chi connectivity index (χ4n) is 3.10. The first-order chi connectivity index (χ1) is 10.4. The lowest BCUT2D eigenvalue weighted by Gasteiger charge is -2.29. The molecule has 4 heteroatoms. The fraction of sp³-hybridized carbons (Fsp3) is 0.722. The van der Waals surface area contributed by atoms with Gasteiger partial charge in [-0.05, 0) is 37.1 Å². The zero-order valence-corrected chi connectivity index (χ0v) is 14.8. The van der Waals surface area contributed by atoms with Crippen molar-refractivity contribution in [1.29, 1.82) is 0 Å². The topological polar surface area (TPSA) is 37.3 Å². The molecule has 1 aromatic heterocycles. The predicted molar refractivity (Wildman–Crippen MR) is 92.1 cm³/mol. The zero-order chi connectivity index (χ0) is 16.3. The van der Waals surface area contributed by atoms with Crippen molar-refractivity contribution >= 4 is 0 Å². The van der Waals surface area contributed by atoms with E-state index in [0.717, 1.165) is 38.2 Å². The number of nitrogens with zero attached hydrogens (tertiary/aromatic N) is 2. The smallest absolute Gasteiger partial charge is 0.255 e. The minimum atomic E-state index is 0.202. The molecular weight excluding hydrogens is 274 g/mol. The van der Waals surface area contributed by atoms with Crippen LogP contribution in [0.1, 0.15) is 44.5 Å². The molecule has 0 atom stereocenters. The van der Waals surface area contributed by atoms with Crippen LogP contribution >= 0.6 is 0 Å². The van der Waals surface area contributed by atoms with Gasteiger partial charge in [0.2, 0.25) is 0 Å². The summed E-state index contributed by atoms with van der Waals surface area (Å²) in [6.07, 6.45) is 0.980. The predicted octanol–water partition coefficient (Wildman–Crippen LogP) is 2.24. The van der Waals surface area contributed by atoms with Crippen LogP contribution in [0.3, 0.4) is 0 Å². The summed E-state index contributed by atoms with van der Waals surface area (Å²) >= 11 is 0. The Morgan fingerprint density at radius 2 is 1.95 bits per heavy atom. The molecule has 1 aromatic rings. The van der Waals surface area contributed by atoms with Gasteiger partial charge in [0.25, 0.3) is 5.56 Å². The molecule has 1 aliphatic heterocycles. The molecule has 4 nitrogen and oxygen atoms in total. The first-order valence-corrected chi connectivity index (χ1v) is 8.52. The number of nitrogens with one attached hydrogen (secondary N) is 1. The molecular formula is C18H31N3O. The normalized spacial score (nSPS) is 15.6. The van der Waals surface area contributed by atoms with Gasteiger partial charge >= 0.3 is 0 Å². The molecule has 124 valence electrons. The summed E-state index contributed by atoms with van der Waals surface area (Å²) in [4.78, 5) is 15.2. The maximum absolute atomic E-state index is 12.8. The average molecular weight is 305 g/mol. The highest BCUT2D eigenvalue weighted by Gasteiger charge is 2.20. The summed E-state index contributed by atoms with van der Waals surface area (Å²) in [6, 6.07) is 2.14. The van der Waals surface area contributed by atoms with Gasteiger partial charge in [-0.3, -0.25) is 4.79 Å². The van der Waals surface area contributed by atoms with Crippen molar-refractivity contribution in [2.24, 2.45) is 11.8 Å². The molecule has 0 spiro atoms. The summed E-state index contributed by atoms with van der Waals surface area (Å²) < 4.78 is 2.04. The van der Waals surface area contributed by atoms with E-state index in [9.17, 15) is 4.79 Å². The van der Waals surface area contributed by atoms with Crippen LogP contribution in [0.15, 0.2) is 10.9 Å². The Kier molecular flexibility index (Phi) is 5.81. The Labute approximate surface area is 134 Å². The SMILES string of the molecule is CC(C)CNCc1cc2c(n(CC(C)C)c1=O)CCN(C)C2. The lowest BCUT2D eigenvalue weighted by molar-refractivity contribution is 0.301. The van der Waals surface area contributed by atoms with Crippen LogP contribution in [0, 0.1) is 11.8 Å². The second-order valence-electron chi connectivity index (χ2n) is 7.46. The van der Waals surface area contributed by atoms with E-state index in [1.54, 1.807) is 0 Å². The van der Waals surface area contributed by atoms with Gasteiger partial charge in [0.05, 0.1) is 0 Å². The van der Waals surface area contributed by atoms with Crippen LogP contribution in [0.4, 0.5) is 0 Å². The second kappa shape index (κ2) is 7.42. The lowest BCUT2D eigenvalue weighted by atomic mass is 10.0. The number of hydrogen-bond acceptors (Lipinski definition) is 3. The molecule has 1 N–H and O–H groups in total. The molecule has 22 heavy (non-hydrogen) atoms. The van der Waals surface area contributed by atoms with Crippen molar-refractivity contribution in [3.8, 4) is 0 Å². The van der Waals surface area contributed by atoms with E-state index >= 15 is 0 Å². The maximum Gasteiger partial charge on any atom is 0.255 e. The van der Waals surface area contributed by atoms with Gasteiger partial charge in [0, 0.05) is 43.9 Å². The summed E-state index contributed by atoms with van der Waals surface area (Å²) in [6.45, 7) is 13.2. The minimum Gasteiger partial charge on any atom is -0.312 e. The number of hydrogen-bond donors (Lipinski definition) is 1. The van der Waals surface area contributed by atoms with E-state index in [1.807, 2.05) is 4.57 Å². The summed E-state index contributed by atoms with van der Waals surface area (Å²) in [5, 5.41) is 3.41. The van der Waals surface area contributed by atoms with E-state index in [2.05, 4.69) is 51.0 Å². The Balaban J connectivity index is 2.33. The molecule has 2 rings (SSSR count). The molecule has 0 radical (unpaired) electrons. The van der Waals surface area contributed by atoms with Crippen LogP contribution in [-0.2, 0) is 26.1 Å². The van der Waals surface area contributed by atoms with Gasteiger partial charge in [-0.15, -0.1) is 0 Å². The van der Waals surface area contributed by atoms with E-state index in [-0.39, 0.29) is 5.56 Å². The highest BCUT2D eigenvalue weighted by atomic mass is 16.1. The zero-order valence-electron chi connectivity index (χ0n) is 14.8. The number of fused-ring (bicyclic) bond motifs is 1. The van der Waals surface area contributed by atoms with Gasteiger partial charge in [-0.2, -0.15) is 0 Å². The molecule has 0 saturated carbocycles. The van der Waals surface area contributed by atoms with Crippen LogP contribution in [-0.4, -0.2) is 29.6 Å². The number of pyridine rings is 1. The number of likely N-dealkylation sites (N-methyl/N-ethyl adjacent to an activating group) is 1. The van der Waals surface area contributed by atoms with Crippen LogP contribution in [0.5, 0.6) is 0 Å². The third kappa shape index (κ3) is 4.20. The molecule has 0 aliphatic carbocycles. The van der Waals surface area contributed by atoms with Crippen molar-refractivity contribution in [3.63, 3.8) is 0 Å². The Hall–Kier alpha value is -1.13. The Bertz CT molecular complexity index is 560. The Morgan fingerprint density at radius 3 is 2.59 bits per heavy atom. The maximum atomic E-state index is 12.8. The highest BCUT2D eigenvalue weighted by Crippen LogP contribution is 2.18. The van der Waals surface area contributed by atoms with E-state index in [4.69, 9.17) is 0 Å². The van der Waals surface area contributed by atoms with Gasteiger partial charge in [0.1, 0.15) is 0 Å². The third-order valence-corrected chi connectivity index (χ3v) is 4.15. The average Bonchev–Trinajstić information content (AvgIpc) is 2.42. The third-order valence-electron chi connectivity index (χ3n) is 4.15. The summed E-state index contributed by atoms with van der Waals surface area (Å²) in [7, 11) is 2.15. The first-order valence-electron chi connectivity index (χ1n) is 8.52. The Morgan fingerprint density at radius 1 is 1.23 bits per heavy atom. The van der Waals surface area contributed by atoms with Crippen LogP contribution in [0.2, 0.25) is 0 Å². The highest BCUT2D eigenvalue weighted by molar-refractivity contribution is 5.29. The van der Waals surface area contributed by atoms with Crippen molar-refractivity contribution in [2.45, 2.75) is 53.8 Å². The monoisotopic (exact) mass is 305 g/mol. The van der Waals surface area contributed by atoms with Gasteiger partial charge in [-0.1, -0.05) is 27.7 Å². The molecule has 0 fully saturated rings. The summed E-state index contributed by atoms with van der Waals surface area (Å²) in [5.41, 5.74) is 3.70. The number of rotatable bonds is 6. The molecule has 1 aliphatic rings. The van der Waals surface area contributed by atoms with Crippen molar-refractivity contribution in [3.05, 3.63) is 33.2 Å². The standard InChI is InChI=1S/C18H31N3O/c1-13(2)9-19-10-15-8-16-12-20(5)7-6-17(16)21(18(15)22)11-14(3)4/h8,13-14,19H,6-7,9-12H2,1-5H3. The minimum absolute atomic E-state index is 0.202. The quantitative estimate of drug-likeness (QED) is 0.876. The lowest BCUT2D eigenvalue weighted by Crippen LogP contribution is -2.37. The molecule has 0 saturated heterocycles. The molecule has 0 unspecified atom stereocenters. The van der Waals surface area contributed by atoms with Crippen molar-refractivity contribution < 1.29 is 0 Å². The first kappa shape index (κ1) is 17.2. The van der Waals surface area contributed by atoms with E-state index < -0.39 is 0 Å². The van der Waals surface area contributed by atoms with Crippen molar-refractivity contribution in [1.82, 2.24) is 14.8 Å². The molecule has 0 aromatic carbocycles. The fourth-order valence-corrected chi connectivity index (χ4v) is 3.10. The summed E-state index contributed by atoms with van der Waals surface area (Å²) in [5.74, 6) is 1.09. The molecule has 0 amide bonds. The van der Waals surface area contributed by atoms with E-state index in [1.165, 1.54) is 11.3 Å². The van der Waals surface area contributed by atoms with Crippen LogP contribution in [0.25, 0.3) is 0 Å². The largest absolute Gasteiger partial charge is 0.312 e. The number of aromatic nitrogens is 1. The van der Waals surface area contributed by atoms with E-state index in [0.29, 0.717) is 18.4 Å².